The van der Waals surface area contributed by atoms with Crippen LogP contribution in [-0.4, -0.2) is 27.8 Å². The van der Waals surface area contributed by atoms with E-state index in [-0.39, 0.29) is 16.8 Å². The van der Waals surface area contributed by atoms with Crippen LogP contribution in [0.1, 0.15) is 20.3 Å². The molecule has 0 spiro atoms. The van der Waals surface area contributed by atoms with Crippen molar-refractivity contribution in [3.05, 3.63) is 46.8 Å². The van der Waals surface area contributed by atoms with Crippen molar-refractivity contribution >= 4 is 17.7 Å². The van der Waals surface area contributed by atoms with Crippen LogP contribution < -0.4 is 5.56 Å². The maximum atomic E-state index is 11.9. The topological polar surface area (TPSA) is 72.0 Å². The molecule has 0 radical (unpaired) electrons. The highest BCUT2D eigenvalue weighted by Crippen LogP contribution is 2.24. The molecule has 22 heavy (non-hydrogen) atoms. The van der Waals surface area contributed by atoms with Crippen LogP contribution in [0, 0.1) is 0 Å². The quantitative estimate of drug-likeness (QED) is 0.504. The molecule has 0 fully saturated rings. The van der Waals surface area contributed by atoms with Gasteiger partial charge in [0.1, 0.15) is 5.25 Å². The summed E-state index contributed by atoms with van der Waals surface area (Å²) in [5.74, 6) is -0.289. The van der Waals surface area contributed by atoms with Gasteiger partial charge in [-0.15, -0.1) is 0 Å². The van der Waals surface area contributed by atoms with Crippen molar-refractivity contribution in [3.63, 3.8) is 0 Å². The first-order valence-corrected chi connectivity index (χ1v) is 8.02. The third-order valence-corrected chi connectivity index (χ3v) is 4.19. The lowest BCUT2D eigenvalue weighted by Crippen LogP contribution is -2.20. The number of carbonyl (C=O) groups excluding carboxylic acids is 1. The number of H-pyrrole nitrogens is 1. The second-order valence-corrected chi connectivity index (χ2v) is 5.76. The van der Waals surface area contributed by atoms with Gasteiger partial charge in [-0.1, -0.05) is 49.0 Å². The van der Waals surface area contributed by atoms with Crippen molar-refractivity contribution in [1.82, 2.24) is 9.97 Å². The number of esters is 1. The van der Waals surface area contributed by atoms with E-state index in [0.717, 1.165) is 5.56 Å². The second-order valence-electron chi connectivity index (χ2n) is 4.57. The summed E-state index contributed by atoms with van der Waals surface area (Å²) >= 11 is 1.22. The summed E-state index contributed by atoms with van der Waals surface area (Å²) in [6.07, 6.45) is 0.600. The molecule has 0 saturated carbocycles. The van der Waals surface area contributed by atoms with Gasteiger partial charge in [-0.2, -0.15) is 0 Å². The first-order chi connectivity index (χ1) is 10.6. The lowest BCUT2D eigenvalue weighted by Gasteiger charge is -2.12. The summed E-state index contributed by atoms with van der Waals surface area (Å²) in [6, 6.07) is 10.9. The van der Waals surface area contributed by atoms with Crippen LogP contribution in [0.5, 0.6) is 0 Å². The van der Waals surface area contributed by atoms with Crippen LogP contribution in [0.2, 0.25) is 0 Å². The third-order valence-electron chi connectivity index (χ3n) is 2.96. The number of aromatic amines is 1. The predicted octanol–water partition coefficient (Wildman–Crippen LogP) is 2.87. The Labute approximate surface area is 133 Å². The molecule has 0 aliphatic rings. The molecular formula is C16H18N2O3S. The highest BCUT2D eigenvalue weighted by Gasteiger charge is 2.20. The molecule has 1 aromatic heterocycles. The van der Waals surface area contributed by atoms with E-state index in [1.165, 1.54) is 17.8 Å². The smallest absolute Gasteiger partial charge is 0.319 e. The lowest BCUT2D eigenvalue weighted by molar-refractivity contribution is -0.142. The van der Waals surface area contributed by atoms with Gasteiger partial charge in [0.2, 0.25) is 0 Å². The molecule has 1 heterocycles. The Kier molecular flexibility index (Phi) is 5.77. The number of nitrogens with one attached hydrogen (secondary N) is 1. The van der Waals surface area contributed by atoms with Crippen LogP contribution >= 0.6 is 11.8 Å². The summed E-state index contributed by atoms with van der Waals surface area (Å²) in [4.78, 5) is 30.8. The molecular weight excluding hydrogens is 300 g/mol. The van der Waals surface area contributed by atoms with E-state index in [2.05, 4.69) is 9.97 Å². The number of thioether (sulfide) groups is 1. The zero-order valence-electron chi connectivity index (χ0n) is 12.5. The molecule has 2 rings (SSSR count). The van der Waals surface area contributed by atoms with Gasteiger partial charge in [-0.25, -0.2) is 4.98 Å². The molecule has 0 saturated heterocycles. The van der Waals surface area contributed by atoms with E-state index in [0.29, 0.717) is 23.9 Å². The number of carbonyl (C=O) groups is 1. The van der Waals surface area contributed by atoms with Gasteiger partial charge in [0.05, 0.1) is 12.3 Å². The largest absolute Gasteiger partial charge is 0.465 e. The molecule has 0 bridgehead atoms. The van der Waals surface area contributed by atoms with Gasteiger partial charge in [0.25, 0.3) is 5.56 Å². The minimum absolute atomic E-state index is 0.241. The Bertz CT molecular complexity index is 685. The lowest BCUT2D eigenvalue weighted by atomic mass is 10.1. The molecule has 0 unspecified atom stereocenters. The fourth-order valence-corrected chi connectivity index (χ4v) is 2.83. The Morgan fingerprint density at radius 3 is 2.68 bits per heavy atom. The minimum Gasteiger partial charge on any atom is -0.465 e. The van der Waals surface area contributed by atoms with Gasteiger partial charge in [-0.3, -0.25) is 9.59 Å². The van der Waals surface area contributed by atoms with E-state index in [1.807, 2.05) is 37.3 Å². The first-order valence-electron chi connectivity index (χ1n) is 7.14. The molecule has 6 heteroatoms. The van der Waals surface area contributed by atoms with Crippen molar-refractivity contribution < 1.29 is 9.53 Å². The molecule has 2 aromatic rings. The number of aromatic nitrogens is 2. The van der Waals surface area contributed by atoms with Gasteiger partial charge >= 0.3 is 5.97 Å². The zero-order chi connectivity index (χ0) is 15.9. The van der Waals surface area contributed by atoms with Gasteiger partial charge in [0, 0.05) is 11.6 Å². The molecule has 0 aliphatic heterocycles. The summed E-state index contributed by atoms with van der Waals surface area (Å²) in [5.41, 5.74) is 1.21. The van der Waals surface area contributed by atoms with Crippen LogP contribution in [0.3, 0.4) is 0 Å². The molecule has 0 amide bonds. The second kappa shape index (κ2) is 7.79. The first kappa shape index (κ1) is 16.3. The van der Waals surface area contributed by atoms with Crippen molar-refractivity contribution in [3.8, 4) is 11.3 Å². The zero-order valence-corrected chi connectivity index (χ0v) is 13.4. The number of hydrogen-bond acceptors (Lipinski definition) is 5. The van der Waals surface area contributed by atoms with E-state index in [9.17, 15) is 9.59 Å². The standard InChI is InChI=1S/C16H18N2O3S/c1-3-13(15(20)21-4-2)22-16-17-12(10-14(19)18-16)11-8-6-5-7-9-11/h5-10,13H,3-4H2,1-2H3,(H,17,18,19)/t13-/m0/s1. The molecule has 1 atom stereocenters. The van der Waals surface area contributed by atoms with Crippen LogP contribution in [-0.2, 0) is 9.53 Å². The highest BCUT2D eigenvalue weighted by atomic mass is 32.2. The number of benzene rings is 1. The molecule has 5 nitrogen and oxygen atoms in total. The highest BCUT2D eigenvalue weighted by molar-refractivity contribution is 8.00. The fraction of sp³-hybridized carbons (Fsp3) is 0.312. The average molecular weight is 318 g/mol. The average Bonchev–Trinajstić information content (AvgIpc) is 2.53. The summed E-state index contributed by atoms with van der Waals surface area (Å²) in [7, 11) is 0. The van der Waals surface area contributed by atoms with Crippen molar-refractivity contribution in [2.24, 2.45) is 0 Å². The number of nitrogens with zero attached hydrogens (tertiary/aromatic N) is 1. The Hall–Kier alpha value is -2.08. The number of ether oxygens (including phenoxy) is 1. The predicted molar refractivity (Wildman–Crippen MR) is 86.9 cm³/mol. The van der Waals surface area contributed by atoms with Crippen LogP contribution in [0.25, 0.3) is 11.3 Å². The number of hydrogen-bond donors (Lipinski definition) is 1. The van der Waals surface area contributed by atoms with E-state index in [4.69, 9.17) is 4.74 Å². The number of rotatable bonds is 6. The minimum atomic E-state index is -0.380. The van der Waals surface area contributed by atoms with Gasteiger partial charge in [0.15, 0.2) is 5.16 Å². The maximum absolute atomic E-state index is 11.9. The maximum Gasteiger partial charge on any atom is 0.319 e. The summed E-state index contributed by atoms with van der Waals surface area (Å²) < 4.78 is 5.03. The Morgan fingerprint density at radius 1 is 1.32 bits per heavy atom. The fourth-order valence-electron chi connectivity index (χ4n) is 1.92. The van der Waals surface area contributed by atoms with Gasteiger partial charge in [-0.05, 0) is 13.3 Å². The molecule has 1 aromatic carbocycles. The van der Waals surface area contributed by atoms with Crippen LogP contribution in [0.15, 0.2) is 46.3 Å². The van der Waals surface area contributed by atoms with Crippen molar-refractivity contribution in [2.45, 2.75) is 30.7 Å². The molecule has 0 aliphatic carbocycles. The third kappa shape index (κ3) is 4.21. The molecule has 1 N–H and O–H groups in total. The van der Waals surface area contributed by atoms with E-state index < -0.39 is 0 Å². The van der Waals surface area contributed by atoms with Crippen LogP contribution in [0.4, 0.5) is 0 Å². The monoisotopic (exact) mass is 318 g/mol. The molecule has 116 valence electrons. The van der Waals surface area contributed by atoms with E-state index in [1.54, 1.807) is 6.92 Å². The summed E-state index contributed by atoms with van der Waals surface area (Å²) in [5, 5.41) is 0.0420. The SMILES string of the molecule is CCOC(=O)[C@H](CC)Sc1nc(-c2ccccc2)cc(=O)[nH]1. The Morgan fingerprint density at radius 2 is 2.05 bits per heavy atom. The van der Waals surface area contributed by atoms with Crippen molar-refractivity contribution in [2.75, 3.05) is 6.61 Å². The van der Waals surface area contributed by atoms with Gasteiger partial charge < -0.3 is 9.72 Å². The van der Waals surface area contributed by atoms with E-state index >= 15 is 0 Å². The Balaban J connectivity index is 2.27. The normalized spacial score (nSPS) is 11.9. The summed E-state index contributed by atoms with van der Waals surface area (Å²) in [6.45, 7) is 4.00. The van der Waals surface area contributed by atoms with Crippen molar-refractivity contribution in [1.29, 1.82) is 0 Å².